The lowest BCUT2D eigenvalue weighted by Crippen LogP contribution is -2.27. The van der Waals surface area contributed by atoms with Crippen LogP contribution in [0.4, 0.5) is 16.2 Å². The molecule has 2 aromatic rings. The number of fused-ring (bicyclic) bond motifs is 1. The summed E-state index contributed by atoms with van der Waals surface area (Å²) < 4.78 is 10.8. The van der Waals surface area contributed by atoms with Crippen LogP contribution in [-0.2, 0) is 17.7 Å². The minimum atomic E-state index is -0.517. The SMILES string of the molecule is CC(C)(C)OC(=O)Nc1cccc(NCc2ccc3c(c2)CCO3)c1. The zero-order valence-corrected chi connectivity index (χ0v) is 14.9. The molecule has 1 amide bonds. The lowest BCUT2D eigenvalue weighted by molar-refractivity contribution is 0.0636. The molecule has 0 fully saturated rings. The first-order valence-corrected chi connectivity index (χ1v) is 8.48. The summed E-state index contributed by atoms with van der Waals surface area (Å²) >= 11 is 0. The highest BCUT2D eigenvalue weighted by atomic mass is 16.6. The monoisotopic (exact) mass is 340 g/mol. The van der Waals surface area contributed by atoms with E-state index in [-0.39, 0.29) is 0 Å². The van der Waals surface area contributed by atoms with Crippen LogP contribution in [0.3, 0.4) is 0 Å². The Morgan fingerprint density at radius 3 is 2.76 bits per heavy atom. The second kappa shape index (κ2) is 7.05. The van der Waals surface area contributed by atoms with Crippen LogP contribution in [0, 0.1) is 0 Å². The molecule has 1 aliphatic rings. The first kappa shape index (κ1) is 17.1. The smallest absolute Gasteiger partial charge is 0.412 e. The van der Waals surface area contributed by atoms with Gasteiger partial charge in [-0.15, -0.1) is 0 Å². The summed E-state index contributed by atoms with van der Waals surface area (Å²) in [5.74, 6) is 0.993. The summed E-state index contributed by atoms with van der Waals surface area (Å²) in [7, 11) is 0. The van der Waals surface area contributed by atoms with E-state index >= 15 is 0 Å². The Kier molecular flexibility index (Phi) is 4.83. The van der Waals surface area contributed by atoms with Crippen molar-refractivity contribution in [2.75, 3.05) is 17.2 Å². The second-order valence-electron chi connectivity index (χ2n) is 7.10. The molecule has 1 aliphatic heterocycles. The first-order valence-electron chi connectivity index (χ1n) is 8.48. The van der Waals surface area contributed by atoms with Gasteiger partial charge in [0.2, 0.25) is 0 Å². The van der Waals surface area contributed by atoms with Crippen molar-refractivity contribution < 1.29 is 14.3 Å². The Hall–Kier alpha value is -2.69. The maximum absolute atomic E-state index is 11.9. The molecule has 0 aromatic heterocycles. The number of ether oxygens (including phenoxy) is 2. The van der Waals surface area contributed by atoms with Gasteiger partial charge < -0.3 is 14.8 Å². The summed E-state index contributed by atoms with van der Waals surface area (Å²) in [6.45, 7) is 7.00. The summed E-state index contributed by atoms with van der Waals surface area (Å²) in [4.78, 5) is 11.9. The van der Waals surface area contributed by atoms with Gasteiger partial charge in [0.25, 0.3) is 0 Å². The van der Waals surface area contributed by atoms with Crippen molar-refractivity contribution in [3.63, 3.8) is 0 Å². The number of carbonyl (C=O) groups is 1. The highest BCUT2D eigenvalue weighted by Gasteiger charge is 2.16. The van der Waals surface area contributed by atoms with E-state index in [4.69, 9.17) is 9.47 Å². The van der Waals surface area contributed by atoms with Gasteiger partial charge in [0.15, 0.2) is 0 Å². The summed E-state index contributed by atoms with van der Waals surface area (Å²) in [5.41, 5.74) is 3.58. The highest BCUT2D eigenvalue weighted by Crippen LogP contribution is 2.26. The Balaban J connectivity index is 1.59. The first-order chi connectivity index (χ1) is 11.9. The number of nitrogens with one attached hydrogen (secondary N) is 2. The molecular formula is C20H24N2O3. The Labute approximate surface area is 148 Å². The number of carbonyl (C=O) groups excluding carboxylic acids is 1. The Bertz CT molecular complexity index is 766. The van der Waals surface area contributed by atoms with Crippen LogP contribution in [-0.4, -0.2) is 18.3 Å². The third kappa shape index (κ3) is 4.89. The van der Waals surface area contributed by atoms with Gasteiger partial charge in [0.1, 0.15) is 11.4 Å². The lowest BCUT2D eigenvalue weighted by atomic mass is 10.1. The highest BCUT2D eigenvalue weighted by molar-refractivity contribution is 5.85. The maximum Gasteiger partial charge on any atom is 0.412 e. The fraction of sp³-hybridized carbons (Fsp3) is 0.350. The molecule has 0 atom stereocenters. The average Bonchev–Trinajstić information content (AvgIpc) is 2.99. The minimum absolute atomic E-state index is 0.455. The van der Waals surface area contributed by atoms with Crippen LogP contribution in [0.25, 0.3) is 0 Å². The normalized spacial score (nSPS) is 12.9. The van der Waals surface area contributed by atoms with Gasteiger partial charge in [-0.05, 0) is 56.2 Å². The maximum atomic E-state index is 11.9. The molecule has 0 unspecified atom stereocenters. The van der Waals surface area contributed by atoms with Crippen LogP contribution in [0.5, 0.6) is 5.75 Å². The summed E-state index contributed by atoms with van der Waals surface area (Å²) in [6, 6.07) is 13.9. The van der Waals surface area contributed by atoms with Crippen molar-refractivity contribution in [3.05, 3.63) is 53.6 Å². The molecule has 0 aliphatic carbocycles. The molecule has 5 nitrogen and oxygen atoms in total. The van der Waals surface area contributed by atoms with Crippen LogP contribution in [0.1, 0.15) is 31.9 Å². The lowest BCUT2D eigenvalue weighted by Gasteiger charge is -2.19. The van der Waals surface area contributed by atoms with Crippen molar-refractivity contribution in [1.29, 1.82) is 0 Å². The fourth-order valence-electron chi connectivity index (χ4n) is 2.68. The number of hydrogen-bond acceptors (Lipinski definition) is 4. The van der Waals surface area contributed by atoms with Gasteiger partial charge in [0.05, 0.1) is 6.61 Å². The molecule has 5 heteroatoms. The number of anilines is 2. The predicted molar refractivity (Wildman–Crippen MR) is 99.3 cm³/mol. The zero-order chi connectivity index (χ0) is 17.9. The number of hydrogen-bond donors (Lipinski definition) is 2. The standard InChI is InChI=1S/C20H24N2O3/c1-20(2,3)25-19(23)22-17-6-4-5-16(12-17)21-13-14-7-8-18-15(11-14)9-10-24-18/h4-8,11-12,21H,9-10,13H2,1-3H3,(H,22,23). The van der Waals surface area contributed by atoms with Crippen LogP contribution >= 0.6 is 0 Å². The van der Waals surface area contributed by atoms with Gasteiger partial charge in [-0.2, -0.15) is 0 Å². The van der Waals surface area contributed by atoms with E-state index < -0.39 is 11.7 Å². The number of rotatable bonds is 4. The largest absolute Gasteiger partial charge is 0.493 e. The topological polar surface area (TPSA) is 59.6 Å². The molecule has 25 heavy (non-hydrogen) atoms. The Morgan fingerprint density at radius 2 is 1.96 bits per heavy atom. The molecule has 132 valence electrons. The molecule has 3 rings (SSSR count). The van der Waals surface area contributed by atoms with E-state index in [9.17, 15) is 4.79 Å². The zero-order valence-electron chi connectivity index (χ0n) is 14.9. The molecule has 0 saturated heterocycles. The third-order valence-corrected chi connectivity index (χ3v) is 3.76. The van der Waals surface area contributed by atoms with Gasteiger partial charge in [-0.3, -0.25) is 5.32 Å². The third-order valence-electron chi connectivity index (χ3n) is 3.76. The van der Waals surface area contributed by atoms with Gasteiger partial charge in [-0.1, -0.05) is 18.2 Å². The van der Waals surface area contributed by atoms with Crippen molar-refractivity contribution in [2.45, 2.75) is 39.3 Å². The van der Waals surface area contributed by atoms with Crippen LogP contribution < -0.4 is 15.4 Å². The second-order valence-corrected chi connectivity index (χ2v) is 7.10. The summed E-state index contributed by atoms with van der Waals surface area (Å²) in [6.07, 6.45) is 0.515. The average molecular weight is 340 g/mol. The fourth-order valence-corrected chi connectivity index (χ4v) is 2.68. The molecular weight excluding hydrogens is 316 g/mol. The molecule has 2 aromatic carbocycles. The van der Waals surface area contributed by atoms with E-state index in [1.54, 1.807) is 0 Å². The molecule has 0 radical (unpaired) electrons. The van der Waals surface area contributed by atoms with E-state index in [0.29, 0.717) is 12.2 Å². The van der Waals surface area contributed by atoms with Crippen molar-refractivity contribution >= 4 is 17.5 Å². The quantitative estimate of drug-likeness (QED) is 0.855. The molecule has 0 bridgehead atoms. The van der Waals surface area contributed by atoms with Crippen molar-refractivity contribution in [3.8, 4) is 5.75 Å². The van der Waals surface area contributed by atoms with Crippen LogP contribution in [0.2, 0.25) is 0 Å². The van der Waals surface area contributed by atoms with Crippen molar-refractivity contribution in [1.82, 2.24) is 0 Å². The molecule has 2 N–H and O–H groups in total. The number of benzene rings is 2. The van der Waals surface area contributed by atoms with Gasteiger partial charge in [-0.25, -0.2) is 4.79 Å². The minimum Gasteiger partial charge on any atom is -0.493 e. The predicted octanol–water partition coefficient (Wildman–Crippen LogP) is 4.58. The molecule has 0 saturated carbocycles. The Morgan fingerprint density at radius 1 is 1.16 bits per heavy atom. The van der Waals surface area contributed by atoms with Gasteiger partial charge >= 0.3 is 6.09 Å². The van der Waals surface area contributed by atoms with Crippen molar-refractivity contribution in [2.24, 2.45) is 0 Å². The number of amides is 1. The van der Waals surface area contributed by atoms with E-state index in [0.717, 1.165) is 24.5 Å². The van der Waals surface area contributed by atoms with E-state index in [2.05, 4.69) is 22.8 Å². The molecule has 1 heterocycles. The van der Waals surface area contributed by atoms with Gasteiger partial charge in [0, 0.05) is 24.3 Å². The van der Waals surface area contributed by atoms with Crippen LogP contribution in [0.15, 0.2) is 42.5 Å². The summed E-state index contributed by atoms with van der Waals surface area (Å²) in [5, 5.41) is 6.13. The molecule has 0 spiro atoms. The van der Waals surface area contributed by atoms with E-state index in [1.807, 2.05) is 51.1 Å². The van der Waals surface area contributed by atoms with E-state index in [1.165, 1.54) is 11.1 Å².